The summed E-state index contributed by atoms with van der Waals surface area (Å²) in [5.41, 5.74) is 1.87. The zero-order valence-corrected chi connectivity index (χ0v) is 12.4. The lowest BCUT2D eigenvalue weighted by atomic mass is 9.87. The maximum Gasteiger partial charge on any atom is 0.309 e. The molecule has 1 N–H and O–H groups in total. The van der Waals surface area contributed by atoms with Crippen LogP contribution in [0.2, 0.25) is 0 Å². The highest BCUT2D eigenvalue weighted by Crippen LogP contribution is 2.23. The summed E-state index contributed by atoms with van der Waals surface area (Å²) in [5.74, 6) is -0.709. The van der Waals surface area contributed by atoms with Crippen LogP contribution in [0.3, 0.4) is 0 Å². The molecule has 1 aromatic rings. The first-order valence-electron chi connectivity index (χ1n) is 6.84. The topological polar surface area (TPSA) is 40.5 Å². The molecule has 0 aromatic heterocycles. The van der Waals surface area contributed by atoms with Crippen molar-refractivity contribution in [2.45, 2.75) is 40.0 Å². The number of nitrogens with zero attached hydrogens (tertiary/aromatic N) is 1. The third kappa shape index (κ3) is 4.93. The second-order valence-electron chi connectivity index (χ2n) is 5.91. The Morgan fingerprint density at radius 2 is 2.00 bits per heavy atom. The fourth-order valence-electron chi connectivity index (χ4n) is 2.02. The van der Waals surface area contributed by atoms with E-state index < -0.39 is 11.4 Å². The summed E-state index contributed by atoms with van der Waals surface area (Å²) >= 11 is 0. The van der Waals surface area contributed by atoms with Crippen molar-refractivity contribution in [1.82, 2.24) is 0 Å². The van der Waals surface area contributed by atoms with Crippen molar-refractivity contribution in [2.24, 2.45) is 5.41 Å². The monoisotopic (exact) mass is 263 g/mol. The number of unbranched alkanes of at least 4 members (excludes halogenated alkanes) is 1. The summed E-state index contributed by atoms with van der Waals surface area (Å²) in [6.45, 7) is 6.63. The van der Waals surface area contributed by atoms with E-state index in [0.29, 0.717) is 0 Å². The van der Waals surface area contributed by atoms with Crippen LogP contribution >= 0.6 is 0 Å². The summed E-state index contributed by atoms with van der Waals surface area (Å²) < 4.78 is 0. The zero-order valence-electron chi connectivity index (χ0n) is 12.4. The van der Waals surface area contributed by atoms with E-state index in [-0.39, 0.29) is 0 Å². The molecule has 0 amide bonds. The number of anilines is 1. The molecule has 0 aliphatic carbocycles. The number of carboxylic acid groups (broad SMARTS) is 1. The number of benzene rings is 1. The number of aliphatic carboxylic acids is 1. The molecule has 3 heteroatoms. The molecule has 0 fully saturated rings. The van der Waals surface area contributed by atoms with E-state index in [4.69, 9.17) is 5.11 Å². The number of carboxylic acids is 1. The first-order chi connectivity index (χ1) is 8.83. The first-order valence-corrected chi connectivity index (χ1v) is 6.84. The Morgan fingerprint density at radius 1 is 1.32 bits per heavy atom. The molecule has 0 heterocycles. The summed E-state index contributed by atoms with van der Waals surface area (Å²) in [5, 5.41) is 9.05. The molecular weight excluding hydrogens is 238 g/mol. The van der Waals surface area contributed by atoms with E-state index >= 15 is 0 Å². The summed E-state index contributed by atoms with van der Waals surface area (Å²) in [6.07, 6.45) is 2.68. The van der Waals surface area contributed by atoms with Crippen LogP contribution in [-0.2, 0) is 4.79 Å². The van der Waals surface area contributed by atoms with Gasteiger partial charge in [-0.2, -0.15) is 0 Å². The normalized spacial score (nSPS) is 11.4. The highest BCUT2D eigenvalue weighted by molar-refractivity contribution is 5.73. The van der Waals surface area contributed by atoms with Crippen molar-refractivity contribution in [2.75, 3.05) is 18.5 Å². The average Bonchev–Trinajstić information content (AvgIpc) is 2.34. The molecule has 0 radical (unpaired) electrons. The van der Waals surface area contributed by atoms with Gasteiger partial charge in [-0.15, -0.1) is 0 Å². The summed E-state index contributed by atoms with van der Waals surface area (Å²) in [7, 11) is 2.08. The molecule has 1 aromatic carbocycles. The van der Waals surface area contributed by atoms with Crippen LogP contribution in [0.15, 0.2) is 24.3 Å². The van der Waals surface area contributed by atoms with Gasteiger partial charge in [-0.3, -0.25) is 4.79 Å². The molecule has 0 spiro atoms. The molecular formula is C16H25NO2. The molecule has 0 bridgehead atoms. The fourth-order valence-corrected chi connectivity index (χ4v) is 2.02. The molecule has 0 aliphatic rings. The minimum atomic E-state index is -0.709. The fraction of sp³-hybridized carbons (Fsp3) is 0.562. The van der Waals surface area contributed by atoms with Gasteiger partial charge in [-0.05, 0) is 51.3 Å². The first kappa shape index (κ1) is 15.5. The van der Waals surface area contributed by atoms with Gasteiger partial charge in [0.2, 0.25) is 0 Å². The van der Waals surface area contributed by atoms with Crippen molar-refractivity contribution in [3.05, 3.63) is 29.8 Å². The van der Waals surface area contributed by atoms with Crippen LogP contribution in [0.25, 0.3) is 0 Å². The van der Waals surface area contributed by atoms with Crippen LogP contribution in [0, 0.1) is 12.3 Å². The molecule has 19 heavy (non-hydrogen) atoms. The molecule has 106 valence electrons. The second kappa shape index (κ2) is 6.60. The standard InChI is InChI=1S/C16H25NO2/c1-13-8-7-9-14(12-13)17(4)11-6-5-10-16(2,3)15(18)19/h7-9,12H,5-6,10-11H2,1-4H3,(H,18,19). The van der Waals surface area contributed by atoms with Gasteiger partial charge < -0.3 is 10.0 Å². The van der Waals surface area contributed by atoms with E-state index in [9.17, 15) is 4.79 Å². The van der Waals surface area contributed by atoms with Crippen molar-refractivity contribution >= 4 is 11.7 Å². The van der Waals surface area contributed by atoms with Gasteiger partial charge in [0.25, 0.3) is 0 Å². The van der Waals surface area contributed by atoms with Gasteiger partial charge in [0.1, 0.15) is 0 Å². The van der Waals surface area contributed by atoms with Gasteiger partial charge in [0.05, 0.1) is 5.41 Å². The SMILES string of the molecule is Cc1cccc(N(C)CCCCC(C)(C)C(=O)O)c1. The smallest absolute Gasteiger partial charge is 0.309 e. The number of hydrogen-bond acceptors (Lipinski definition) is 2. The van der Waals surface area contributed by atoms with Crippen molar-refractivity contribution in [1.29, 1.82) is 0 Å². The van der Waals surface area contributed by atoms with Crippen molar-refractivity contribution in [3.63, 3.8) is 0 Å². The van der Waals surface area contributed by atoms with Gasteiger partial charge in [-0.1, -0.05) is 18.6 Å². The number of aryl methyl sites for hydroxylation is 1. The molecule has 0 atom stereocenters. The van der Waals surface area contributed by atoms with Crippen LogP contribution in [-0.4, -0.2) is 24.7 Å². The highest BCUT2D eigenvalue weighted by Gasteiger charge is 2.25. The maximum absolute atomic E-state index is 11.0. The number of rotatable bonds is 7. The third-order valence-corrected chi connectivity index (χ3v) is 3.57. The third-order valence-electron chi connectivity index (χ3n) is 3.57. The van der Waals surface area contributed by atoms with Gasteiger partial charge in [0, 0.05) is 19.3 Å². The van der Waals surface area contributed by atoms with E-state index in [1.165, 1.54) is 11.3 Å². The van der Waals surface area contributed by atoms with Gasteiger partial charge in [0.15, 0.2) is 0 Å². The highest BCUT2D eigenvalue weighted by atomic mass is 16.4. The lowest BCUT2D eigenvalue weighted by molar-refractivity contribution is -0.147. The minimum Gasteiger partial charge on any atom is -0.481 e. The quantitative estimate of drug-likeness (QED) is 0.762. The maximum atomic E-state index is 11.0. The van der Waals surface area contributed by atoms with Gasteiger partial charge >= 0.3 is 5.97 Å². The van der Waals surface area contributed by atoms with Gasteiger partial charge in [-0.25, -0.2) is 0 Å². The van der Waals surface area contributed by atoms with E-state index in [2.05, 4.69) is 43.1 Å². The molecule has 0 saturated heterocycles. The largest absolute Gasteiger partial charge is 0.481 e. The Labute approximate surface area is 116 Å². The van der Waals surface area contributed by atoms with Crippen LogP contribution in [0.4, 0.5) is 5.69 Å². The predicted molar refractivity (Wildman–Crippen MR) is 79.7 cm³/mol. The molecule has 1 rings (SSSR count). The Kier molecular flexibility index (Phi) is 5.40. The Hall–Kier alpha value is -1.51. The second-order valence-corrected chi connectivity index (χ2v) is 5.91. The van der Waals surface area contributed by atoms with Crippen molar-refractivity contribution < 1.29 is 9.90 Å². The van der Waals surface area contributed by atoms with Crippen LogP contribution in [0.1, 0.15) is 38.7 Å². The zero-order chi connectivity index (χ0) is 14.5. The van der Waals surface area contributed by atoms with E-state index in [0.717, 1.165) is 25.8 Å². The molecule has 0 saturated carbocycles. The van der Waals surface area contributed by atoms with E-state index in [1.807, 2.05) is 0 Å². The lowest BCUT2D eigenvalue weighted by Gasteiger charge is -2.22. The number of hydrogen-bond donors (Lipinski definition) is 1. The summed E-state index contributed by atoms with van der Waals surface area (Å²) in [4.78, 5) is 13.2. The molecule has 3 nitrogen and oxygen atoms in total. The molecule has 0 aliphatic heterocycles. The Balaban J connectivity index is 2.36. The average molecular weight is 263 g/mol. The van der Waals surface area contributed by atoms with Crippen LogP contribution in [0.5, 0.6) is 0 Å². The Bertz CT molecular complexity index is 427. The van der Waals surface area contributed by atoms with Crippen LogP contribution < -0.4 is 4.90 Å². The number of carbonyl (C=O) groups is 1. The predicted octanol–water partition coefficient (Wildman–Crippen LogP) is 3.71. The van der Waals surface area contributed by atoms with Crippen molar-refractivity contribution in [3.8, 4) is 0 Å². The van der Waals surface area contributed by atoms with E-state index in [1.54, 1.807) is 13.8 Å². The molecule has 0 unspecified atom stereocenters. The lowest BCUT2D eigenvalue weighted by Crippen LogP contribution is -2.24. The summed E-state index contributed by atoms with van der Waals surface area (Å²) in [6, 6.07) is 8.43. The Morgan fingerprint density at radius 3 is 2.58 bits per heavy atom. The minimum absolute atomic E-state index is 0.609.